The van der Waals surface area contributed by atoms with Gasteiger partial charge >= 0.3 is 0 Å². The highest BCUT2D eigenvalue weighted by atomic mass is 16.2. The van der Waals surface area contributed by atoms with Gasteiger partial charge in [-0.2, -0.15) is 0 Å². The number of nitrogens with one attached hydrogen (secondary N) is 1. The molecule has 0 aromatic heterocycles. The second-order valence-electron chi connectivity index (χ2n) is 5.18. The minimum absolute atomic E-state index is 0.0287. The standard InChI is InChI=1S/C17H19N5O/c1-19-9-10-22(2)17(23)8-4-13-3-5-15-12-16(20-21-18)7-6-14(15)11-13/h3-8,11-12,19H,9-10H2,1-2H3/b8-4+. The summed E-state index contributed by atoms with van der Waals surface area (Å²) < 4.78 is 0. The van der Waals surface area contributed by atoms with Gasteiger partial charge in [-0.1, -0.05) is 29.4 Å². The summed E-state index contributed by atoms with van der Waals surface area (Å²) in [5.74, 6) is -0.0287. The van der Waals surface area contributed by atoms with Gasteiger partial charge in [0.05, 0.1) is 0 Å². The van der Waals surface area contributed by atoms with Crippen LogP contribution in [0, 0.1) is 0 Å². The molecule has 2 aromatic rings. The molecular weight excluding hydrogens is 290 g/mol. The largest absolute Gasteiger partial charge is 0.341 e. The van der Waals surface area contributed by atoms with Gasteiger partial charge in [0.2, 0.25) is 5.91 Å². The first-order valence-electron chi connectivity index (χ1n) is 7.31. The molecule has 0 saturated carbocycles. The van der Waals surface area contributed by atoms with E-state index in [-0.39, 0.29) is 5.91 Å². The molecule has 0 saturated heterocycles. The minimum atomic E-state index is -0.0287. The molecule has 0 aliphatic heterocycles. The quantitative estimate of drug-likeness (QED) is 0.383. The number of hydrogen-bond acceptors (Lipinski definition) is 3. The number of azide groups is 1. The van der Waals surface area contributed by atoms with Crippen molar-refractivity contribution in [2.75, 3.05) is 27.2 Å². The van der Waals surface area contributed by atoms with Crippen LogP contribution in [0.4, 0.5) is 5.69 Å². The van der Waals surface area contributed by atoms with Crippen molar-refractivity contribution >= 4 is 28.4 Å². The molecular formula is C17H19N5O. The first-order valence-corrected chi connectivity index (χ1v) is 7.31. The molecule has 23 heavy (non-hydrogen) atoms. The summed E-state index contributed by atoms with van der Waals surface area (Å²) >= 11 is 0. The molecule has 0 bridgehead atoms. The summed E-state index contributed by atoms with van der Waals surface area (Å²) in [4.78, 5) is 16.4. The first kappa shape index (κ1) is 16.5. The highest BCUT2D eigenvalue weighted by Crippen LogP contribution is 2.23. The van der Waals surface area contributed by atoms with E-state index in [2.05, 4.69) is 15.3 Å². The number of amides is 1. The lowest BCUT2D eigenvalue weighted by atomic mass is 10.1. The van der Waals surface area contributed by atoms with Crippen molar-refractivity contribution in [2.24, 2.45) is 5.11 Å². The predicted octanol–water partition coefficient (Wildman–Crippen LogP) is 3.47. The Bertz CT molecular complexity index is 778. The number of likely N-dealkylation sites (N-methyl/N-ethyl adjacent to an activating group) is 2. The average molecular weight is 309 g/mol. The molecule has 1 N–H and O–H groups in total. The van der Waals surface area contributed by atoms with Crippen LogP contribution in [0.2, 0.25) is 0 Å². The van der Waals surface area contributed by atoms with Gasteiger partial charge in [-0.05, 0) is 47.1 Å². The third kappa shape index (κ3) is 4.57. The Morgan fingerprint density at radius 3 is 2.78 bits per heavy atom. The van der Waals surface area contributed by atoms with E-state index in [1.54, 1.807) is 30.2 Å². The lowest BCUT2D eigenvalue weighted by molar-refractivity contribution is -0.124. The summed E-state index contributed by atoms with van der Waals surface area (Å²) in [6.07, 6.45) is 3.38. The average Bonchev–Trinajstić information content (AvgIpc) is 2.57. The summed E-state index contributed by atoms with van der Waals surface area (Å²) in [5, 5.41) is 8.62. The third-order valence-electron chi connectivity index (χ3n) is 3.50. The van der Waals surface area contributed by atoms with Crippen LogP contribution < -0.4 is 5.32 Å². The lowest BCUT2D eigenvalue weighted by Crippen LogP contribution is -2.31. The van der Waals surface area contributed by atoms with Gasteiger partial charge in [0.15, 0.2) is 0 Å². The number of carbonyl (C=O) groups is 1. The van der Waals surface area contributed by atoms with Crippen LogP contribution in [0.1, 0.15) is 5.56 Å². The van der Waals surface area contributed by atoms with Crippen LogP contribution in [0.25, 0.3) is 27.3 Å². The van der Waals surface area contributed by atoms with Crippen molar-refractivity contribution in [1.82, 2.24) is 10.2 Å². The molecule has 1 amide bonds. The van der Waals surface area contributed by atoms with Crippen molar-refractivity contribution < 1.29 is 4.79 Å². The van der Waals surface area contributed by atoms with Gasteiger partial charge in [0.25, 0.3) is 0 Å². The maximum Gasteiger partial charge on any atom is 0.246 e. The SMILES string of the molecule is CNCCN(C)C(=O)/C=C/c1ccc2cc(N=[N+]=[N-])ccc2c1. The van der Waals surface area contributed by atoms with Crippen LogP contribution in [0.5, 0.6) is 0 Å². The molecule has 0 aliphatic rings. The van der Waals surface area contributed by atoms with E-state index in [4.69, 9.17) is 5.53 Å². The van der Waals surface area contributed by atoms with Crippen LogP contribution >= 0.6 is 0 Å². The highest BCUT2D eigenvalue weighted by Gasteiger charge is 2.03. The molecule has 0 spiro atoms. The fourth-order valence-corrected chi connectivity index (χ4v) is 2.15. The number of fused-ring (bicyclic) bond motifs is 1. The van der Waals surface area contributed by atoms with Gasteiger partial charge in [-0.3, -0.25) is 4.79 Å². The smallest absolute Gasteiger partial charge is 0.246 e. The van der Waals surface area contributed by atoms with Crippen molar-refractivity contribution in [2.45, 2.75) is 0 Å². The molecule has 0 radical (unpaired) electrons. The normalized spacial score (nSPS) is 10.7. The molecule has 0 aliphatic carbocycles. The Balaban J connectivity index is 2.14. The topological polar surface area (TPSA) is 81.1 Å². The lowest BCUT2D eigenvalue weighted by Gasteiger charge is -2.14. The zero-order valence-corrected chi connectivity index (χ0v) is 13.2. The minimum Gasteiger partial charge on any atom is -0.341 e. The molecule has 2 aromatic carbocycles. The number of rotatable bonds is 6. The predicted molar refractivity (Wildman–Crippen MR) is 93.4 cm³/mol. The van der Waals surface area contributed by atoms with E-state index in [1.165, 1.54) is 0 Å². The second kappa shape index (κ2) is 7.98. The molecule has 118 valence electrons. The molecule has 6 heteroatoms. The fourth-order valence-electron chi connectivity index (χ4n) is 2.15. The zero-order valence-electron chi connectivity index (χ0n) is 13.2. The zero-order chi connectivity index (χ0) is 16.7. The first-order chi connectivity index (χ1) is 11.1. The maximum absolute atomic E-state index is 12.0. The Morgan fingerprint density at radius 2 is 2.04 bits per heavy atom. The number of nitrogens with zero attached hydrogens (tertiary/aromatic N) is 4. The Kier molecular flexibility index (Phi) is 5.74. The second-order valence-corrected chi connectivity index (χ2v) is 5.18. The van der Waals surface area contributed by atoms with Crippen molar-refractivity contribution in [1.29, 1.82) is 0 Å². The van der Waals surface area contributed by atoms with Crippen molar-refractivity contribution in [3.8, 4) is 0 Å². The van der Waals surface area contributed by atoms with E-state index < -0.39 is 0 Å². The molecule has 0 atom stereocenters. The highest BCUT2D eigenvalue weighted by molar-refractivity contribution is 5.93. The van der Waals surface area contributed by atoms with Gasteiger partial charge in [0, 0.05) is 36.8 Å². The van der Waals surface area contributed by atoms with Gasteiger partial charge in [-0.25, -0.2) is 0 Å². The van der Waals surface area contributed by atoms with E-state index in [9.17, 15) is 4.79 Å². The third-order valence-corrected chi connectivity index (χ3v) is 3.50. The summed E-state index contributed by atoms with van der Waals surface area (Å²) in [7, 11) is 3.64. The van der Waals surface area contributed by atoms with E-state index in [1.807, 2.05) is 37.4 Å². The van der Waals surface area contributed by atoms with Crippen LogP contribution in [-0.2, 0) is 4.79 Å². The van der Waals surface area contributed by atoms with Crippen molar-refractivity contribution in [3.05, 3.63) is 58.5 Å². The van der Waals surface area contributed by atoms with Crippen molar-refractivity contribution in [3.63, 3.8) is 0 Å². The van der Waals surface area contributed by atoms with E-state index in [0.29, 0.717) is 12.2 Å². The number of hydrogen-bond donors (Lipinski definition) is 1. The Hall–Kier alpha value is -2.82. The maximum atomic E-state index is 12.0. The van der Waals surface area contributed by atoms with Crippen LogP contribution in [0.15, 0.2) is 47.6 Å². The van der Waals surface area contributed by atoms with E-state index >= 15 is 0 Å². The number of carbonyl (C=O) groups excluding carboxylic acids is 1. The van der Waals surface area contributed by atoms with Gasteiger partial charge < -0.3 is 10.2 Å². The molecule has 6 nitrogen and oxygen atoms in total. The van der Waals surface area contributed by atoms with Gasteiger partial charge in [-0.15, -0.1) is 0 Å². The fraction of sp³-hybridized carbons (Fsp3) is 0.235. The summed E-state index contributed by atoms with van der Waals surface area (Å²) in [5.41, 5.74) is 10.0. The monoisotopic (exact) mass is 309 g/mol. The molecule has 0 unspecified atom stereocenters. The van der Waals surface area contributed by atoms with Gasteiger partial charge in [0.1, 0.15) is 0 Å². The van der Waals surface area contributed by atoms with Crippen LogP contribution in [-0.4, -0.2) is 38.0 Å². The summed E-state index contributed by atoms with van der Waals surface area (Å²) in [6, 6.07) is 11.4. The molecule has 2 rings (SSSR count). The Labute approximate surface area is 135 Å². The summed E-state index contributed by atoms with van der Waals surface area (Å²) in [6.45, 7) is 1.43. The molecule has 0 heterocycles. The Morgan fingerprint density at radius 1 is 1.30 bits per heavy atom. The molecule has 0 fully saturated rings. The van der Waals surface area contributed by atoms with E-state index in [0.717, 1.165) is 22.9 Å². The number of benzene rings is 2. The van der Waals surface area contributed by atoms with Crippen LogP contribution in [0.3, 0.4) is 0 Å².